The summed E-state index contributed by atoms with van der Waals surface area (Å²) < 4.78 is 0. The highest BCUT2D eigenvalue weighted by molar-refractivity contribution is 5.86. The van der Waals surface area contributed by atoms with Gasteiger partial charge in [-0.3, -0.25) is 0 Å². The molecule has 0 heterocycles. The molecule has 1 unspecified atom stereocenters. The smallest absolute Gasteiger partial charge is 0.331 e. The average Bonchev–Trinajstić information content (AvgIpc) is 2.12. The van der Waals surface area contributed by atoms with Gasteiger partial charge in [-0.05, 0) is 25.7 Å². The summed E-state index contributed by atoms with van der Waals surface area (Å²) in [4.78, 5) is 10.7. The molecule has 0 aliphatic carbocycles. The first-order valence-corrected chi connectivity index (χ1v) is 4.94. The third-order valence-electron chi connectivity index (χ3n) is 2.57. The molecule has 0 radical (unpaired) electrons. The molecule has 0 bridgehead atoms. The Morgan fingerprint density at radius 2 is 1.92 bits per heavy atom. The molecule has 0 fully saturated rings. The van der Waals surface area contributed by atoms with E-state index in [2.05, 4.69) is 13.8 Å². The SMILES string of the molecule is CCC(CC(C)CC)=C(C)C(=O)O. The largest absolute Gasteiger partial charge is 0.478 e. The molecule has 0 amide bonds. The predicted octanol–water partition coefficient (Wildman–Crippen LogP) is 3.23. The Morgan fingerprint density at radius 1 is 1.38 bits per heavy atom. The number of hydrogen-bond acceptors (Lipinski definition) is 1. The number of allylic oxidation sites excluding steroid dienone is 1. The van der Waals surface area contributed by atoms with Gasteiger partial charge in [-0.2, -0.15) is 0 Å². The van der Waals surface area contributed by atoms with Crippen molar-refractivity contribution in [3.05, 3.63) is 11.1 Å². The monoisotopic (exact) mass is 184 g/mol. The highest BCUT2D eigenvalue weighted by Crippen LogP contribution is 2.20. The molecule has 1 N–H and O–H groups in total. The first-order valence-electron chi connectivity index (χ1n) is 4.94. The lowest BCUT2D eigenvalue weighted by molar-refractivity contribution is -0.132. The van der Waals surface area contributed by atoms with E-state index in [-0.39, 0.29) is 0 Å². The molecular formula is C11H20O2. The topological polar surface area (TPSA) is 37.3 Å². The van der Waals surface area contributed by atoms with Gasteiger partial charge in [0.25, 0.3) is 0 Å². The molecule has 0 spiro atoms. The van der Waals surface area contributed by atoms with Crippen molar-refractivity contribution in [2.45, 2.75) is 47.0 Å². The van der Waals surface area contributed by atoms with Crippen LogP contribution in [0.2, 0.25) is 0 Å². The molecular weight excluding hydrogens is 164 g/mol. The maximum atomic E-state index is 10.7. The maximum Gasteiger partial charge on any atom is 0.331 e. The van der Waals surface area contributed by atoms with E-state index in [1.807, 2.05) is 6.92 Å². The van der Waals surface area contributed by atoms with E-state index in [0.717, 1.165) is 24.8 Å². The minimum Gasteiger partial charge on any atom is -0.478 e. The van der Waals surface area contributed by atoms with E-state index >= 15 is 0 Å². The van der Waals surface area contributed by atoms with Crippen molar-refractivity contribution in [1.29, 1.82) is 0 Å². The van der Waals surface area contributed by atoms with E-state index in [1.54, 1.807) is 6.92 Å². The zero-order valence-corrected chi connectivity index (χ0v) is 9.05. The van der Waals surface area contributed by atoms with Gasteiger partial charge in [0.1, 0.15) is 0 Å². The molecule has 0 aromatic heterocycles. The average molecular weight is 184 g/mol. The van der Waals surface area contributed by atoms with Crippen molar-refractivity contribution < 1.29 is 9.90 Å². The summed E-state index contributed by atoms with van der Waals surface area (Å²) in [6, 6.07) is 0. The maximum absolute atomic E-state index is 10.7. The quantitative estimate of drug-likeness (QED) is 0.666. The van der Waals surface area contributed by atoms with Gasteiger partial charge in [0, 0.05) is 5.57 Å². The minimum atomic E-state index is -0.778. The highest BCUT2D eigenvalue weighted by Gasteiger charge is 2.10. The minimum absolute atomic E-state index is 0.530. The molecule has 1 atom stereocenters. The van der Waals surface area contributed by atoms with Crippen LogP contribution in [-0.4, -0.2) is 11.1 Å². The van der Waals surface area contributed by atoms with E-state index < -0.39 is 5.97 Å². The normalized spacial score (nSPS) is 15.1. The summed E-state index contributed by atoms with van der Waals surface area (Å²) in [5.41, 5.74) is 1.62. The van der Waals surface area contributed by atoms with Crippen LogP contribution >= 0.6 is 0 Å². The molecule has 0 saturated carbocycles. The number of carbonyl (C=O) groups is 1. The zero-order chi connectivity index (χ0) is 10.4. The van der Waals surface area contributed by atoms with Crippen LogP contribution in [0.15, 0.2) is 11.1 Å². The molecule has 2 heteroatoms. The van der Waals surface area contributed by atoms with Crippen LogP contribution in [0.3, 0.4) is 0 Å². The summed E-state index contributed by atoms with van der Waals surface area (Å²) in [5.74, 6) is -0.190. The standard InChI is InChI=1S/C11H20O2/c1-5-8(3)7-10(6-2)9(4)11(12)13/h8H,5-7H2,1-4H3,(H,12,13). The Hall–Kier alpha value is -0.790. The molecule has 2 nitrogen and oxygen atoms in total. The van der Waals surface area contributed by atoms with Crippen molar-refractivity contribution in [2.24, 2.45) is 5.92 Å². The van der Waals surface area contributed by atoms with Gasteiger partial charge < -0.3 is 5.11 Å². The third-order valence-corrected chi connectivity index (χ3v) is 2.57. The molecule has 0 aliphatic rings. The Bertz CT molecular complexity index is 204. The molecule has 13 heavy (non-hydrogen) atoms. The van der Waals surface area contributed by atoms with E-state index in [0.29, 0.717) is 11.5 Å². The molecule has 0 aliphatic heterocycles. The highest BCUT2D eigenvalue weighted by atomic mass is 16.4. The van der Waals surface area contributed by atoms with Crippen molar-refractivity contribution in [1.82, 2.24) is 0 Å². The van der Waals surface area contributed by atoms with Crippen molar-refractivity contribution in [3.63, 3.8) is 0 Å². The van der Waals surface area contributed by atoms with Crippen molar-refractivity contribution >= 4 is 5.97 Å². The van der Waals surface area contributed by atoms with Crippen molar-refractivity contribution in [2.75, 3.05) is 0 Å². The van der Waals surface area contributed by atoms with Gasteiger partial charge in [0.2, 0.25) is 0 Å². The van der Waals surface area contributed by atoms with Crippen LogP contribution in [0, 0.1) is 5.92 Å². The summed E-state index contributed by atoms with van der Waals surface area (Å²) in [7, 11) is 0. The van der Waals surface area contributed by atoms with E-state index in [4.69, 9.17) is 5.11 Å². The summed E-state index contributed by atoms with van der Waals surface area (Å²) >= 11 is 0. The summed E-state index contributed by atoms with van der Waals surface area (Å²) in [6.07, 6.45) is 2.88. The fourth-order valence-electron chi connectivity index (χ4n) is 1.28. The second-order valence-electron chi connectivity index (χ2n) is 3.60. The van der Waals surface area contributed by atoms with Crippen LogP contribution in [0.5, 0.6) is 0 Å². The van der Waals surface area contributed by atoms with Crippen LogP contribution in [0.1, 0.15) is 47.0 Å². The number of hydrogen-bond donors (Lipinski definition) is 1. The lowest BCUT2D eigenvalue weighted by atomic mass is 9.94. The van der Waals surface area contributed by atoms with Crippen LogP contribution in [0.25, 0.3) is 0 Å². The second kappa shape index (κ2) is 5.79. The molecule has 0 saturated heterocycles. The summed E-state index contributed by atoms with van der Waals surface area (Å²) in [6.45, 7) is 8.01. The van der Waals surface area contributed by atoms with Gasteiger partial charge in [-0.15, -0.1) is 0 Å². The second-order valence-corrected chi connectivity index (χ2v) is 3.60. The fraction of sp³-hybridized carbons (Fsp3) is 0.727. The van der Waals surface area contributed by atoms with Crippen molar-refractivity contribution in [3.8, 4) is 0 Å². The Morgan fingerprint density at radius 3 is 2.23 bits per heavy atom. The number of carboxylic acid groups (broad SMARTS) is 1. The first kappa shape index (κ1) is 12.2. The lowest BCUT2D eigenvalue weighted by Crippen LogP contribution is -2.04. The van der Waals surface area contributed by atoms with Gasteiger partial charge in [-0.25, -0.2) is 4.79 Å². The summed E-state index contributed by atoms with van der Waals surface area (Å²) in [5, 5.41) is 8.81. The van der Waals surface area contributed by atoms with E-state index in [9.17, 15) is 4.79 Å². The third kappa shape index (κ3) is 4.11. The predicted molar refractivity (Wildman–Crippen MR) is 54.7 cm³/mol. The Kier molecular flexibility index (Phi) is 5.44. The molecule has 0 aromatic carbocycles. The Balaban J connectivity index is 4.49. The first-order chi connectivity index (χ1) is 6.02. The van der Waals surface area contributed by atoms with Gasteiger partial charge in [0.05, 0.1) is 0 Å². The lowest BCUT2D eigenvalue weighted by Gasteiger charge is -2.12. The van der Waals surface area contributed by atoms with Gasteiger partial charge in [-0.1, -0.05) is 32.8 Å². The molecule has 76 valence electrons. The molecule has 0 rings (SSSR count). The van der Waals surface area contributed by atoms with Crippen LogP contribution < -0.4 is 0 Å². The number of aliphatic carboxylic acids is 1. The number of carboxylic acids is 1. The van der Waals surface area contributed by atoms with E-state index in [1.165, 1.54) is 0 Å². The van der Waals surface area contributed by atoms with Gasteiger partial charge in [0.15, 0.2) is 0 Å². The van der Waals surface area contributed by atoms with Crippen LogP contribution in [-0.2, 0) is 4.79 Å². The molecule has 0 aromatic rings. The zero-order valence-electron chi connectivity index (χ0n) is 9.05. The Labute approximate surface area is 80.7 Å². The van der Waals surface area contributed by atoms with Crippen LogP contribution in [0.4, 0.5) is 0 Å². The van der Waals surface area contributed by atoms with Gasteiger partial charge >= 0.3 is 5.97 Å². The fourth-order valence-corrected chi connectivity index (χ4v) is 1.28. The number of rotatable bonds is 5.